The first-order valence-corrected chi connectivity index (χ1v) is 9.88. The summed E-state index contributed by atoms with van der Waals surface area (Å²) in [5.74, 6) is -0.232. The Balaban J connectivity index is 1.60. The molecule has 3 aromatic rings. The molecule has 1 amide bonds. The molecule has 0 saturated heterocycles. The Kier molecular flexibility index (Phi) is 6.95. The number of hydrogen-bond acceptors (Lipinski definition) is 6. The third-order valence-corrected chi connectivity index (χ3v) is 5.21. The van der Waals surface area contributed by atoms with Crippen LogP contribution in [-0.2, 0) is 11.0 Å². The summed E-state index contributed by atoms with van der Waals surface area (Å²) in [4.78, 5) is 28.3. The van der Waals surface area contributed by atoms with Crippen LogP contribution in [0, 0.1) is 10.1 Å². The fourth-order valence-electron chi connectivity index (χ4n) is 3.18. The van der Waals surface area contributed by atoms with E-state index in [4.69, 9.17) is 0 Å². The normalized spacial score (nSPS) is 12.3. The van der Waals surface area contributed by atoms with Gasteiger partial charge in [0.2, 0.25) is 5.91 Å². The van der Waals surface area contributed by atoms with Crippen molar-refractivity contribution >= 4 is 17.3 Å². The van der Waals surface area contributed by atoms with Gasteiger partial charge in [0.25, 0.3) is 5.69 Å². The third-order valence-electron chi connectivity index (χ3n) is 5.21. The van der Waals surface area contributed by atoms with Crippen molar-refractivity contribution in [2.45, 2.75) is 25.6 Å². The number of hydrogen-bond donors (Lipinski definition) is 1. The monoisotopic (exact) mass is 462 g/mol. The smallest absolute Gasteiger partial charge is 0.379 e. The Hall–Kier alpha value is -3.96. The van der Waals surface area contributed by atoms with Gasteiger partial charge < -0.3 is 10.2 Å². The number of carbonyl (C=O) groups is 1. The van der Waals surface area contributed by atoms with Crippen LogP contribution in [0.5, 0.6) is 0 Å². The summed E-state index contributed by atoms with van der Waals surface area (Å²) in [6, 6.07) is 9.42. The number of alkyl halides is 3. The van der Waals surface area contributed by atoms with Gasteiger partial charge in [-0.1, -0.05) is 12.1 Å². The van der Waals surface area contributed by atoms with Crippen LogP contribution in [0.3, 0.4) is 0 Å². The molecule has 2 aromatic carbocycles. The summed E-state index contributed by atoms with van der Waals surface area (Å²) in [6.45, 7) is 1.88. The number of benzene rings is 2. The molecule has 0 spiro atoms. The van der Waals surface area contributed by atoms with Crippen molar-refractivity contribution in [1.29, 1.82) is 0 Å². The zero-order valence-electron chi connectivity index (χ0n) is 17.8. The second-order valence-corrected chi connectivity index (χ2v) is 7.28. The molecule has 12 heteroatoms. The van der Waals surface area contributed by atoms with Crippen LogP contribution < -0.4 is 5.32 Å². The van der Waals surface area contributed by atoms with Crippen molar-refractivity contribution in [2.75, 3.05) is 18.9 Å². The predicted octanol–water partition coefficient (Wildman–Crippen LogP) is 4.22. The summed E-state index contributed by atoms with van der Waals surface area (Å²) in [5, 5.41) is 17.9. The van der Waals surface area contributed by atoms with Crippen LogP contribution in [-0.4, -0.2) is 44.1 Å². The molecular weight excluding hydrogens is 441 g/mol. The fraction of sp³-hybridized carbons (Fsp3) is 0.286. The summed E-state index contributed by atoms with van der Waals surface area (Å²) in [7, 11) is 1.64. The molecule has 0 aliphatic rings. The van der Waals surface area contributed by atoms with Gasteiger partial charge in [-0.2, -0.15) is 18.3 Å². The zero-order chi connectivity index (χ0) is 24.2. The highest BCUT2D eigenvalue weighted by atomic mass is 19.4. The minimum Gasteiger partial charge on any atom is -0.379 e. The highest BCUT2D eigenvalue weighted by molar-refractivity contribution is 5.77. The largest absolute Gasteiger partial charge is 0.416 e. The Labute approximate surface area is 187 Å². The van der Waals surface area contributed by atoms with Crippen LogP contribution in [0.25, 0.3) is 5.69 Å². The van der Waals surface area contributed by atoms with Crippen LogP contribution in [0.2, 0.25) is 0 Å². The van der Waals surface area contributed by atoms with Gasteiger partial charge in [0, 0.05) is 26.1 Å². The number of halogens is 3. The van der Waals surface area contributed by atoms with Crippen molar-refractivity contribution in [3.63, 3.8) is 0 Å². The molecule has 1 aromatic heterocycles. The lowest BCUT2D eigenvalue weighted by molar-refractivity contribution is -0.384. The molecule has 0 aliphatic carbocycles. The third kappa shape index (κ3) is 5.64. The van der Waals surface area contributed by atoms with E-state index in [0.29, 0.717) is 6.07 Å². The second-order valence-electron chi connectivity index (χ2n) is 7.28. The number of anilines is 1. The number of rotatable bonds is 8. The molecule has 3 rings (SSSR count). The number of nitrogens with one attached hydrogen (secondary N) is 1. The zero-order valence-corrected chi connectivity index (χ0v) is 17.8. The van der Waals surface area contributed by atoms with Crippen LogP contribution in [0.4, 0.5) is 24.5 Å². The van der Waals surface area contributed by atoms with Crippen LogP contribution >= 0.6 is 0 Å². The molecule has 9 nitrogen and oxygen atoms in total. The lowest BCUT2D eigenvalue weighted by Crippen LogP contribution is -2.31. The number of nitro groups is 1. The van der Waals surface area contributed by atoms with Gasteiger partial charge in [-0.3, -0.25) is 14.9 Å². The first-order chi connectivity index (χ1) is 15.6. The molecular formula is C21H21F3N6O3. The number of aromatic nitrogens is 3. The lowest BCUT2D eigenvalue weighted by atomic mass is 10.1. The number of nitrogens with zero attached hydrogens (tertiary/aromatic N) is 5. The molecule has 0 radical (unpaired) electrons. The highest BCUT2D eigenvalue weighted by Crippen LogP contribution is 2.35. The molecule has 1 atom stereocenters. The van der Waals surface area contributed by atoms with Crippen molar-refractivity contribution < 1.29 is 22.9 Å². The molecule has 0 fully saturated rings. The van der Waals surface area contributed by atoms with E-state index < -0.39 is 22.4 Å². The highest BCUT2D eigenvalue weighted by Gasteiger charge is 2.33. The van der Waals surface area contributed by atoms with Gasteiger partial charge in [-0.05, 0) is 36.8 Å². The number of amides is 1. The van der Waals surface area contributed by atoms with Crippen LogP contribution in [0.1, 0.15) is 30.5 Å². The van der Waals surface area contributed by atoms with E-state index in [1.54, 1.807) is 18.1 Å². The molecule has 1 N–H and O–H groups in total. The quantitative estimate of drug-likeness (QED) is 0.397. The topological polar surface area (TPSA) is 106 Å². The lowest BCUT2D eigenvalue weighted by Gasteiger charge is -2.25. The van der Waals surface area contributed by atoms with Crippen molar-refractivity contribution in [2.24, 2.45) is 0 Å². The minimum absolute atomic E-state index is 0.00391. The van der Waals surface area contributed by atoms with E-state index in [1.165, 1.54) is 11.2 Å². The van der Waals surface area contributed by atoms with E-state index in [9.17, 15) is 28.1 Å². The van der Waals surface area contributed by atoms with Gasteiger partial charge in [-0.25, -0.2) is 9.67 Å². The molecule has 1 heterocycles. The van der Waals surface area contributed by atoms with Crippen molar-refractivity contribution in [3.05, 3.63) is 76.4 Å². The summed E-state index contributed by atoms with van der Waals surface area (Å²) in [5.41, 5.74) is -0.188. The van der Waals surface area contributed by atoms with Crippen LogP contribution in [0.15, 0.2) is 55.1 Å². The average molecular weight is 462 g/mol. The minimum atomic E-state index is -4.69. The maximum atomic E-state index is 12.8. The maximum absolute atomic E-state index is 12.8. The van der Waals surface area contributed by atoms with E-state index in [0.717, 1.165) is 23.4 Å². The first kappa shape index (κ1) is 23.7. The summed E-state index contributed by atoms with van der Waals surface area (Å²) >= 11 is 0. The SMILES string of the molecule is CC(c1ccc(-n2cncn2)cc1)N(C)C(=O)CCNc1ccc(C(F)(F)F)cc1[N+](=O)[O-]. The van der Waals surface area contributed by atoms with E-state index in [2.05, 4.69) is 15.4 Å². The van der Waals surface area contributed by atoms with Gasteiger partial charge in [0.05, 0.1) is 22.2 Å². The number of nitro benzene ring substituents is 1. The Morgan fingerprint density at radius 1 is 1.24 bits per heavy atom. The fourth-order valence-corrected chi connectivity index (χ4v) is 3.18. The maximum Gasteiger partial charge on any atom is 0.416 e. The molecule has 174 valence electrons. The molecule has 0 aliphatic heterocycles. The van der Waals surface area contributed by atoms with Gasteiger partial charge in [-0.15, -0.1) is 0 Å². The predicted molar refractivity (Wildman–Crippen MR) is 114 cm³/mol. The average Bonchev–Trinajstić information content (AvgIpc) is 3.32. The second kappa shape index (κ2) is 9.67. The number of carbonyl (C=O) groups excluding carboxylic acids is 1. The molecule has 33 heavy (non-hydrogen) atoms. The van der Waals surface area contributed by atoms with Gasteiger partial charge in [0.1, 0.15) is 18.3 Å². The molecule has 0 saturated carbocycles. The first-order valence-electron chi connectivity index (χ1n) is 9.88. The van der Waals surface area contributed by atoms with Crippen molar-refractivity contribution in [3.8, 4) is 5.69 Å². The Morgan fingerprint density at radius 2 is 1.94 bits per heavy atom. The van der Waals surface area contributed by atoms with Gasteiger partial charge >= 0.3 is 6.18 Å². The van der Waals surface area contributed by atoms with E-state index in [1.807, 2.05) is 31.2 Å². The molecule has 0 bridgehead atoms. The van der Waals surface area contributed by atoms with Gasteiger partial charge in [0.15, 0.2) is 0 Å². The van der Waals surface area contributed by atoms with E-state index in [-0.39, 0.29) is 30.6 Å². The summed E-state index contributed by atoms with van der Waals surface area (Å²) < 4.78 is 40.1. The van der Waals surface area contributed by atoms with Crippen molar-refractivity contribution in [1.82, 2.24) is 19.7 Å². The standard InChI is InChI=1S/C21H21F3N6O3/c1-14(15-3-6-17(7-4-15)29-13-25-12-27-29)28(2)20(31)9-10-26-18-8-5-16(21(22,23)24)11-19(18)30(32)33/h3-8,11-14,26H,9-10H2,1-2H3. The summed E-state index contributed by atoms with van der Waals surface area (Å²) in [6.07, 6.45) is -1.69. The van der Waals surface area contributed by atoms with E-state index >= 15 is 0 Å². The molecule has 1 unspecified atom stereocenters. The Bertz CT molecular complexity index is 1120. The Morgan fingerprint density at radius 3 is 2.52 bits per heavy atom.